The van der Waals surface area contributed by atoms with E-state index < -0.39 is 12.0 Å². The summed E-state index contributed by atoms with van der Waals surface area (Å²) >= 11 is 5.18. The van der Waals surface area contributed by atoms with E-state index in [0.717, 1.165) is 5.56 Å². The van der Waals surface area contributed by atoms with Crippen LogP contribution in [0.4, 0.5) is 0 Å². The first-order chi connectivity index (χ1) is 11.0. The summed E-state index contributed by atoms with van der Waals surface area (Å²) in [5.41, 5.74) is 1.33. The molecule has 0 aliphatic carbocycles. The Morgan fingerprint density at radius 2 is 2.00 bits per heavy atom. The Bertz CT molecular complexity index is 633. The maximum atomic E-state index is 12.3. The number of methoxy groups -OCH3 is 2. The second-order valence-corrected chi connectivity index (χ2v) is 5.35. The summed E-state index contributed by atoms with van der Waals surface area (Å²) in [6.07, 6.45) is 0. The molecule has 0 amide bonds. The van der Waals surface area contributed by atoms with Gasteiger partial charge in [-0.1, -0.05) is 12.6 Å². The molecule has 23 heavy (non-hydrogen) atoms. The highest BCUT2D eigenvalue weighted by Crippen LogP contribution is 2.35. The average molecular weight is 336 g/mol. The SMILES string of the molecule is C=C1NC(=S)NC(c2ccc(OC)c(OC)c2)C1C(=O)OCC. The van der Waals surface area contributed by atoms with Crippen molar-refractivity contribution in [2.24, 2.45) is 5.92 Å². The molecule has 1 saturated heterocycles. The first-order valence-corrected chi connectivity index (χ1v) is 7.57. The lowest BCUT2D eigenvalue weighted by atomic mass is 9.89. The van der Waals surface area contributed by atoms with Gasteiger partial charge in [0.1, 0.15) is 5.92 Å². The number of hydrogen-bond acceptors (Lipinski definition) is 5. The van der Waals surface area contributed by atoms with Gasteiger partial charge < -0.3 is 24.8 Å². The molecule has 2 N–H and O–H groups in total. The molecule has 1 aliphatic heterocycles. The van der Waals surface area contributed by atoms with Crippen molar-refractivity contribution in [1.29, 1.82) is 0 Å². The van der Waals surface area contributed by atoms with Gasteiger partial charge in [0.25, 0.3) is 0 Å². The fraction of sp³-hybridized carbons (Fsp3) is 0.375. The van der Waals surface area contributed by atoms with E-state index in [1.165, 1.54) is 0 Å². The second-order valence-electron chi connectivity index (χ2n) is 4.95. The molecule has 2 atom stereocenters. The van der Waals surface area contributed by atoms with Crippen LogP contribution in [0.1, 0.15) is 18.5 Å². The fourth-order valence-electron chi connectivity index (χ4n) is 2.52. The van der Waals surface area contributed by atoms with Crippen LogP contribution in [0.15, 0.2) is 30.5 Å². The third-order valence-corrected chi connectivity index (χ3v) is 3.80. The van der Waals surface area contributed by atoms with Gasteiger partial charge in [-0.15, -0.1) is 0 Å². The molecule has 0 bridgehead atoms. The lowest BCUT2D eigenvalue weighted by Crippen LogP contribution is -2.51. The minimum Gasteiger partial charge on any atom is -0.493 e. The van der Waals surface area contributed by atoms with Gasteiger partial charge >= 0.3 is 5.97 Å². The predicted octanol–water partition coefficient (Wildman–Crippen LogP) is 1.92. The highest BCUT2D eigenvalue weighted by molar-refractivity contribution is 7.80. The minimum atomic E-state index is -0.597. The molecule has 2 unspecified atom stereocenters. The van der Waals surface area contributed by atoms with E-state index in [4.69, 9.17) is 26.4 Å². The normalized spacial score (nSPS) is 20.3. The fourth-order valence-corrected chi connectivity index (χ4v) is 2.78. The third kappa shape index (κ3) is 3.56. The lowest BCUT2D eigenvalue weighted by molar-refractivity contribution is -0.147. The van der Waals surface area contributed by atoms with Crippen LogP contribution in [0.5, 0.6) is 11.5 Å². The van der Waals surface area contributed by atoms with Crippen LogP contribution >= 0.6 is 12.2 Å². The number of carbonyl (C=O) groups is 1. The summed E-state index contributed by atoms with van der Waals surface area (Å²) in [6.45, 7) is 5.97. The van der Waals surface area contributed by atoms with Crippen LogP contribution in [0.3, 0.4) is 0 Å². The molecule has 1 heterocycles. The Morgan fingerprint density at radius 1 is 1.30 bits per heavy atom. The molecular weight excluding hydrogens is 316 g/mol. The third-order valence-electron chi connectivity index (χ3n) is 3.58. The highest BCUT2D eigenvalue weighted by atomic mass is 32.1. The predicted molar refractivity (Wildman–Crippen MR) is 90.4 cm³/mol. The number of ether oxygens (including phenoxy) is 3. The van der Waals surface area contributed by atoms with Crippen molar-refractivity contribution in [1.82, 2.24) is 10.6 Å². The minimum absolute atomic E-state index is 0.297. The number of esters is 1. The number of nitrogens with one attached hydrogen (secondary N) is 2. The van der Waals surface area contributed by atoms with Crippen LogP contribution in [0.2, 0.25) is 0 Å². The van der Waals surface area contributed by atoms with Gasteiger partial charge in [0.05, 0.1) is 26.9 Å². The average Bonchev–Trinajstić information content (AvgIpc) is 2.53. The number of carbonyl (C=O) groups excluding carboxylic acids is 1. The van der Waals surface area contributed by atoms with Gasteiger partial charge in [-0.05, 0) is 36.8 Å². The van der Waals surface area contributed by atoms with Crippen molar-refractivity contribution in [3.63, 3.8) is 0 Å². The zero-order chi connectivity index (χ0) is 17.0. The van der Waals surface area contributed by atoms with E-state index in [1.807, 2.05) is 12.1 Å². The van der Waals surface area contributed by atoms with Gasteiger partial charge in [-0.3, -0.25) is 4.79 Å². The summed E-state index contributed by atoms with van der Waals surface area (Å²) in [5, 5.41) is 6.40. The first-order valence-electron chi connectivity index (χ1n) is 7.16. The molecule has 2 rings (SSSR count). The van der Waals surface area contributed by atoms with Gasteiger partial charge in [-0.2, -0.15) is 0 Å². The number of thiocarbonyl (C=S) groups is 1. The molecule has 0 saturated carbocycles. The summed E-state index contributed by atoms with van der Waals surface area (Å²) in [7, 11) is 3.13. The largest absolute Gasteiger partial charge is 0.493 e. The molecule has 1 aromatic carbocycles. The van der Waals surface area contributed by atoms with E-state index in [0.29, 0.717) is 28.9 Å². The van der Waals surface area contributed by atoms with Crippen molar-refractivity contribution >= 4 is 23.3 Å². The van der Waals surface area contributed by atoms with Gasteiger partial charge in [0, 0.05) is 5.70 Å². The van der Waals surface area contributed by atoms with Crippen LogP contribution in [-0.2, 0) is 9.53 Å². The van der Waals surface area contributed by atoms with Gasteiger partial charge in [0.15, 0.2) is 16.6 Å². The van der Waals surface area contributed by atoms with E-state index in [-0.39, 0.29) is 5.97 Å². The van der Waals surface area contributed by atoms with E-state index >= 15 is 0 Å². The maximum Gasteiger partial charge on any atom is 0.317 e. The van der Waals surface area contributed by atoms with Crippen LogP contribution in [0, 0.1) is 5.92 Å². The molecule has 0 aromatic heterocycles. The summed E-state index contributed by atoms with van der Waals surface area (Å²) in [6, 6.07) is 5.05. The molecule has 6 nitrogen and oxygen atoms in total. The molecule has 124 valence electrons. The topological polar surface area (TPSA) is 68.8 Å². The molecular formula is C16H20N2O4S. The molecule has 1 aromatic rings. The number of hydrogen-bond donors (Lipinski definition) is 2. The number of benzene rings is 1. The van der Waals surface area contributed by atoms with Gasteiger partial charge in [-0.25, -0.2) is 0 Å². The van der Waals surface area contributed by atoms with Gasteiger partial charge in [0.2, 0.25) is 0 Å². The lowest BCUT2D eigenvalue weighted by Gasteiger charge is -2.35. The Kier molecular flexibility index (Phi) is 5.44. The Labute approximate surface area is 140 Å². The Balaban J connectivity index is 2.41. The smallest absolute Gasteiger partial charge is 0.317 e. The zero-order valence-electron chi connectivity index (χ0n) is 13.3. The molecule has 7 heteroatoms. The Morgan fingerprint density at radius 3 is 2.61 bits per heavy atom. The van der Waals surface area contributed by atoms with E-state index in [9.17, 15) is 4.79 Å². The molecule has 1 fully saturated rings. The van der Waals surface area contributed by atoms with Crippen molar-refractivity contribution in [3.05, 3.63) is 36.0 Å². The van der Waals surface area contributed by atoms with Crippen LogP contribution in [0.25, 0.3) is 0 Å². The maximum absolute atomic E-state index is 12.3. The quantitative estimate of drug-likeness (QED) is 0.629. The van der Waals surface area contributed by atoms with Crippen molar-refractivity contribution < 1.29 is 19.0 Å². The van der Waals surface area contributed by atoms with Crippen molar-refractivity contribution in [3.8, 4) is 11.5 Å². The molecule has 1 aliphatic rings. The monoisotopic (exact) mass is 336 g/mol. The molecule has 0 spiro atoms. The zero-order valence-corrected chi connectivity index (χ0v) is 14.2. The van der Waals surface area contributed by atoms with Crippen molar-refractivity contribution in [2.75, 3.05) is 20.8 Å². The van der Waals surface area contributed by atoms with Crippen LogP contribution in [-0.4, -0.2) is 31.9 Å². The van der Waals surface area contributed by atoms with Crippen molar-refractivity contribution in [2.45, 2.75) is 13.0 Å². The Hall–Kier alpha value is -2.28. The summed E-state index contributed by atoms with van der Waals surface area (Å²) in [5.74, 6) is 0.225. The van der Waals surface area contributed by atoms with Crippen LogP contribution < -0.4 is 20.1 Å². The first kappa shape index (κ1) is 17.1. The summed E-state index contributed by atoms with van der Waals surface area (Å²) in [4.78, 5) is 12.3. The standard InChI is InChI=1S/C16H20N2O4S/c1-5-22-15(19)13-9(2)17-16(23)18-14(13)10-6-7-11(20-3)12(8-10)21-4/h6-8,13-14H,2,5H2,1,3-4H3,(H2,17,18,23). The second kappa shape index (κ2) is 7.32. The molecule has 0 radical (unpaired) electrons. The number of rotatable bonds is 5. The van der Waals surface area contributed by atoms with E-state index in [2.05, 4.69) is 17.2 Å². The van der Waals surface area contributed by atoms with E-state index in [1.54, 1.807) is 27.2 Å². The highest BCUT2D eigenvalue weighted by Gasteiger charge is 2.38. The summed E-state index contributed by atoms with van der Waals surface area (Å²) < 4.78 is 15.7.